The molecule has 0 spiro atoms. The Balaban J connectivity index is 1.57. The molecular formula is C20H19N3O2. The Labute approximate surface area is 146 Å². The predicted octanol–water partition coefficient (Wildman–Crippen LogP) is 3.55. The van der Waals surface area contributed by atoms with Crippen molar-refractivity contribution in [2.75, 3.05) is 11.9 Å². The van der Waals surface area contributed by atoms with Crippen molar-refractivity contribution in [1.29, 1.82) is 0 Å². The highest BCUT2D eigenvalue weighted by Crippen LogP contribution is 2.24. The molecule has 3 aromatic rings. The summed E-state index contributed by atoms with van der Waals surface area (Å²) in [6, 6.07) is 16.1. The SMILES string of the molecule is Cc1ccc(-c2cccc(NC(=O)c3onc4c3CNCC4)c2)cc1. The summed E-state index contributed by atoms with van der Waals surface area (Å²) >= 11 is 0. The first kappa shape index (κ1) is 15.6. The Morgan fingerprint density at radius 2 is 2.00 bits per heavy atom. The first-order chi connectivity index (χ1) is 12.2. The normalized spacial score (nSPS) is 13.3. The fraction of sp³-hybridized carbons (Fsp3) is 0.200. The summed E-state index contributed by atoms with van der Waals surface area (Å²) < 4.78 is 5.28. The molecule has 0 saturated heterocycles. The summed E-state index contributed by atoms with van der Waals surface area (Å²) in [4.78, 5) is 12.6. The summed E-state index contributed by atoms with van der Waals surface area (Å²) in [5.74, 6) is 0.0291. The van der Waals surface area contributed by atoms with Gasteiger partial charge in [-0.1, -0.05) is 47.1 Å². The number of rotatable bonds is 3. The highest BCUT2D eigenvalue weighted by Gasteiger charge is 2.24. The minimum Gasteiger partial charge on any atom is -0.350 e. The van der Waals surface area contributed by atoms with E-state index in [1.165, 1.54) is 5.56 Å². The van der Waals surface area contributed by atoms with Gasteiger partial charge in [-0.15, -0.1) is 0 Å². The number of nitrogens with zero attached hydrogens (tertiary/aromatic N) is 1. The Morgan fingerprint density at radius 3 is 2.84 bits per heavy atom. The third-order valence-electron chi connectivity index (χ3n) is 4.42. The second-order valence-electron chi connectivity index (χ2n) is 6.26. The third kappa shape index (κ3) is 3.19. The van der Waals surface area contributed by atoms with Crippen molar-refractivity contribution in [3.05, 3.63) is 71.1 Å². The van der Waals surface area contributed by atoms with Crippen LogP contribution in [0.4, 0.5) is 5.69 Å². The van der Waals surface area contributed by atoms with Crippen molar-refractivity contribution in [2.24, 2.45) is 0 Å². The minimum atomic E-state index is -0.265. The van der Waals surface area contributed by atoms with Crippen LogP contribution in [0, 0.1) is 6.92 Å². The van der Waals surface area contributed by atoms with E-state index in [2.05, 4.69) is 47.0 Å². The molecule has 0 unspecified atom stereocenters. The van der Waals surface area contributed by atoms with Gasteiger partial charge >= 0.3 is 0 Å². The standard InChI is InChI=1S/C20H19N3O2/c1-13-5-7-14(8-6-13)15-3-2-4-16(11-15)22-20(24)19-17-12-21-10-9-18(17)23-25-19/h2-8,11,21H,9-10,12H2,1H3,(H,22,24). The largest absolute Gasteiger partial charge is 0.350 e. The zero-order valence-corrected chi connectivity index (χ0v) is 14.0. The summed E-state index contributed by atoms with van der Waals surface area (Å²) in [6.07, 6.45) is 0.787. The molecule has 0 bridgehead atoms. The van der Waals surface area contributed by atoms with Gasteiger partial charge in [0.1, 0.15) is 0 Å². The smallest absolute Gasteiger partial charge is 0.294 e. The Bertz CT molecular complexity index is 913. The van der Waals surface area contributed by atoms with E-state index in [4.69, 9.17) is 4.52 Å². The molecule has 25 heavy (non-hydrogen) atoms. The van der Waals surface area contributed by atoms with Gasteiger partial charge in [-0.05, 0) is 30.2 Å². The number of amides is 1. The van der Waals surface area contributed by atoms with Gasteiger partial charge in [-0.25, -0.2) is 0 Å². The average Bonchev–Trinajstić information content (AvgIpc) is 3.07. The molecule has 2 N–H and O–H groups in total. The number of carbonyl (C=O) groups is 1. The number of aromatic nitrogens is 1. The maximum Gasteiger partial charge on any atom is 0.294 e. The predicted molar refractivity (Wildman–Crippen MR) is 96.5 cm³/mol. The van der Waals surface area contributed by atoms with Gasteiger partial charge < -0.3 is 15.2 Å². The molecule has 4 rings (SSSR count). The number of aryl methyl sites for hydroxylation is 1. The van der Waals surface area contributed by atoms with Crippen molar-refractivity contribution >= 4 is 11.6 Å². The topological polar surface area (TPSA) is 67.2 Å². The maximum atomic E-state index is 12.6. The van der Waals surface area contributed by atoms with E-state index in [-0.39, 0.29) is 5.91 Å². The molecule has 5 nitrogen and oxygen atoms in total. The molecule has 0 aliphatic carbocycles. The monoisotopic (exact) mass is 333 g/mol. The van der Waals surface area contributed by atoms with Gasteiger partial charge in [-0.2, -0.15) is 0 Å². The molecule has 1 aliphatic heterocycles. The first-order valence-corrected chi connectivity index (χ1v) is 8.37. The molecule has 2 heterocycles. The van der Waals surface area contributed by atoms with Crippen LogP contribution in [0.15, 0.2) is 53.1 Å². The summed E-state index contributed by atoms with van der Waals surface area (Å²) in [5, 5.41) is 10.2. The number of hydrogen-bond acceptors (Lipinski definition) is 4. The average molecular weight is 333 g/mol. The molecule has 0 radical (unpaired) electrons. The van der Waals surface area contributed by atoms with E-state index in [0.717, 1.165) is 41.0 Å². The summed E-state index contributed by atoms with van der Waals surface area (Å²) in [6.45, 7) is 3.54. The second kappa shape index (κ2) is 6.53. The molecule has 1 aromatic heterocycles. The van der Waals surface area contributed by atoms with Crippen molar-refractivity contribution in [3.8, 4) is 11.1 Å². The lowest BCUT2D eigenvalue weighted by Crippen LogP contribution is -2.25. The first-order valence-electron chi connectivity index (χ1n) is 8.37. The lowest BCUT2D eigenvalue weighted by Gasteiger charge is -2.11. The van der Waals surface area contributed by atoms with Crippen LogP contribution in [0.2, 0.25) is 0 Å². The zero-order valence-electron chi connectivity index (χ0n) is 14.0. The third-order valence-corrected chi connectivity index (χ3v) is 4.42. The van der Waals surface area contributed by atoms with Crippen LogP contribution in [0.5, 0.6) is 0 Å². The number of fused-ring (bicyclic) bond motifs is 1. The number of carbonyl (C=O) groups excluding carboxylic acids is 1. The van der Waals surface area contributed by atoms with Crippen LogP contribution >= 0.6 is 0 Å². The van der Waals surface area contributed by atoms with Crippen LogP contribution in [0.3, 0.4) is 0 Å². The van der Waals surface area contributed by atoms with Gasteiger partial charge in [0.15, 0.2) is 0 Å². The number of nitrogens with one attached hydrogen (secondary N) is 2. The number of hydrogen-bond donors (Lipinski definition) is 2. The quantitative estimate of drug-likeness (QED) is 0.769. The van der Waals surface area contributed by atoms with Gasteiger partial charge in [0.2, 0.25) is 5.76 Å². The number of anilines is 1. The Kier molecular flexibility index (Phi) is 4.07. The van der Waals surface area contributed by atoms with Gasteiger partial charge in [0.05, 0.1) is 5.69 Å². The maximum absolute atomic E-state index is 12.6. The zero-order chi connectivity index (χ0) is 17.2. The van der Waals surface area contributed by atoms with E-state index >= 15 is 0 Å². The lowest BCUT2D eigenvalue weighted by atomic mass is 10.0. The molecule has 126 valence electrons. The fourth-order valence-corrected chi connectivity index (χ4v) is 3.03. The summed E-state index contributed by atoms with van der Waals surface area (Å²) in [7, 11) is 0. The minimum absolute atomic E-state index is 0.265. The van der Waals surface area contributed by atoms with Crippen molar-refractivity contribution in [2.45, 2.75) is 19.9 Å². The van der Waals surface area contributed by atoms with E-state index in [1.54, 1.807) is 0 Å². The molecule has 0 atom stereocenters. The molecule has 1 amide bonds. The van der Waals surface area contributed by atoms with Crippen molar-refractivity contribution in [1.82, 2.24) is 10.5 Å². The molecule has 0 saturated carbocycles. The van der Waals surface area contributed by atoms with Crippen LogP contribution < -0.4 is 10.6 Å². The van der Waals surface area contributed by atoms with E-state index in [0.29, 0.717) is 12.3 Å². The van der Waals surface area contributed by atoms with Crippen molar-refractivity contribution in [3.63, 3.8) is 0 Å². The van der Waals surface area contributed by atoms with Gasteiger partial charge in [0.25, 0.3) is 5.91 Å². The fourth-order valence-electron chi connectivity index (χ4n) is 3.03. The van der Waals surface area contributed by atoms with Crippen LogP contribution in [-0.2, 0) is 13.0 Å². The molecule has 0 fully saturated rings. The molecular weight excluding hydrogens is 314 g/mol. The second-order valence-corrected chi connectivity index (χ2v) is 6.26. The highest BCUT2D eigenvalue weighted by molar-refractivity contribution is 6.03. The van der Waals surface area contributed by atoms with Crippen LogP contribution in [0.25, 0.3) is 11.1 Å². The number of benzene rings is 2. The molecule has 2 aromatic carbocycles. The lowest BCUT2D eigenvalue weighted by molar-refractivity contribution is 0.0986. The van der Waals surface area contributed by atoms with E-state index in [1.807, 2.05) is 24.3 Å². The Morgan fingerprint density at radius 1 is 1.16 bits per heavy atom. The van der Waals surface area contributed by atoms with Crippen molar-refractivity contribution < 1.29 is 9.32 Å². The van der Waals surface area contributed by atoms with Gasteiger partial charge in [0, 0.05) is 30.8 Å². The van der Waals surface area contributed by atoms with E-state index < -0.39 is 0 Å². The van der Waals surface area contributed by atoms with Crippen LogP contribution in [-0.4, -0.2) is 17.6 Å². The Hall–Kier alpha value is -2.92. The van der Waals surface area contributed by atoms with E-state index in [9.17, 15) is 4.79 Å². The summed E-state index contributed by atoms with van der Waals surface area (Å²) in [5.41, 5.74) is 5.85. The molecule has 5 heteroatoms. The van der Waals surface area contributed by atoms with Crippen LogP contribution in [0.1, 0.15) is 27.4 Å². The van der Waals surface area contributed by atoms with Gasteiger partial charge in [-0.3, -0.25) is 4.79 Å². The molecule has 1 aliphatic rings. The highest BCUT2D eigenvalue weighted by atomic mass is 16.5.